The van der Waals surface area contributed by atoms with Gasteiger partial charge in [0.25, 0.3) is 0 Å². The van der Waals surface area contributed by atoms with E-state index in [-0.39, 0.29) is 11.9 Å². The fourth-order valence-electron chi connectivity index (χ4n) is 2.64. The third-order valence-corrected chi connectivity index (χ3v) is 3.83. The van der Waals surface area contributed by atoms with Crippen LogP contribution in [0.15, 0.2) is 12.2 Å². The number of hydrogen-bond donors (Lipinski definition) is 1. The van der Waals surface area contributed by atoms with Crippen molar-refractivity contribution in [2.45, 2.75) is 25.8 Å². The number of methoxy groups -OCH3 is 2. The Labute approximate surface area is 125 Å². The fraction of sp³-hybridized carbons (Fsp3) is 0.733. The van der Waals surface area contributed by atoms with Gasteiger partial charge in [-0.15, -0.1) is 0 Å². The lowest BCUT2D eigenvalue weighted by molar-refractivity contribution is -0.152. The van der Waals surface area contributed by atoms with E-state index in [1.54, 1.807) is 19.1 Å². The quantitative estimate of drug-likeness (QED) is 0.681. The molecular weight excluding hydrogens is 274 g/mol. The average Bonchev–Trinajstić information content (AvgIpc) is 2.47. The molecule has 0 heterocycles. The molecule has 6 heteroatoms. The summed E-state index contributed by atoms with van der Waals surface area (Å²) >= 11 is 0. The van der Waals surface area contributed by atoms with Gasteiger partial charge in [0.1, 0.15) is 0 Å². The summed E-state index contributed by atoms with van der Waals surface area (Å²) in [5, 5.41) is 9.30. The van der Waals surface area contributed by atoms with Crippen molar-refractivity contribution in [3.8, 4) is 0 Å². The first-order chi connectivity index (χ1) is 10.0. The first-order valence-corrected chi connectivity index (χ1v) is 7.19. The topological polar surface area (TPSA) is 76.1 Å². The van der Waals surface area contributed by atoms with Crippen LogP contribution in [-0.4, -0.2) is 61.9 Å². The second kappa shape index (κ2) is 8.79. The van der Waals surface area contributed by atoms with Crippen LogP contribution < -0.4 is 0 Å². The predicted molar refractivity (Wildman–Crippen MR) is 77.9 cm³/mol. The number of carbonyl (C=O) groups excluding carboxylic acids is 1. The van der Waals surface area contributed by atoms with Crippen LogP contribution >= 0.6 is 0 Å². The molecule has 0 bridgehead atoms. The van der Waals surface area contributed by atoms with Crippen LogP contribution in [0.25, 0.3) is 0 Å². The smallest absolute Gasteiger partial charge is 0.307 e. The largest absolute Gasteiger partial charge is 0.481 e. The standard InChI is InChI=1S/C15H25NO5/c1-11(10-21-3)16(8-9-20-2)14(17)12-6-4-5-7-13(12)15(18)19/h4-5,11-13H,6-10H2,1-3H3,(H,18,19). The monoisotopic (exact) mass is 299 g/mol. The molecule has 1 rings (SSSR count). The second-order valence-electron chi connectivity index (χ2n) is 5.32. The van der Waals surface area contributed by atoms with E-state index in [1.165, 1.54) is 0 Å². The lowest BCUT2D eigenvalue weighted by atomic mass is 9.82. The zero-order chi connectivity index (χ0) is 15.8. The molecule has 0 spiro atoms. The van der Waals surface area contributed by atoms with E-state index >= 15 is 0 Å². The Morgan fingerprint density at radius 3 is 2.38 bits per heavy atom. The molecule has 0 aliphatic heterocycles. The van der Waals surface area contributed by atoms with E-state index in [9.17, 15) is 14.7 Å². The molecule has 1 aliphatic carbocycles. The van der Waals surface area contributed by atoms with Crippen LogP contribution in [0.3, 0.4) is 0 Å². The zero-order valence-corrected chi connectivity index (χ0v) is 12.9. The van der Waals surface area contributed by atoms with Crippen molar-refractivity contribution in [3.05, 3.63) is 12.2 Å². The van der Waals surface area contributed by atoms with Crippen molar-refractivity contribution < 1.29 is 24.2 Å². The number of hydrogen-bond acceptors (Lipinski definition) is 4. The molecule has 120 valence electrons. The minimum absolute atomic E-state index is 0.113. The normalized spacial score (nSPS) is 22.8. The lowest BCUT2D eigenvalue weighted by Gasteiger charge is -2.34. The molecule has 6 nitrogen and oxygen atoms in total. The van der Waals surface area contributed by atoms with E-state index in [2.05, 4.69) is 0 Å². The van der Waals surface area contributed by atoms with Crippen LogP contribution in [0.5, 0.6) is 0 Å². The molecule has 1 amide bonds. The number of carboxylic acids is 1. The van der Waals surface area contributed by atoms with Crippen LogP contribution in [-0.2, 0) is 19.1 Å². The van der Waals surface area contributed by atoms with Gasteiger partial charge in [-0.25, -0.2) is 0 Å². The molecule has 3 atom stereocenters. The summed E-state index contributed by atoms with van der Waals surface area (Å²) in [4.78, 5) is 25.8. The highest BCUT2D eigenvalue weighted by Gasteiger charge is 2.37. The van der Waals surface area contributed by atoms with Gasteiger partial charge in [-0.3, -0.25) is 9.59 Å². The van der Waals surface area contributed by atoms with E-state index < -0.39 is 17.8 Å². The summed E-state index contributed by atoms with van der Waals surface area (Å²) in [6, 6.07) is -0.113. The van der Waals surface area contributed by atoms with E-state index in [0.717, 1.165) is 0 Å². The molecule has 0 aromatic rings. The Bertz CT molecular complexity index is 382. The third-order valence-electron chi connectivity index (χ3n) is 3.83. The Kier molecular flexibility index (Phi) is 7.39. The number of rotatable bonds is 8. The maximum Gasteiger partial charge on any atom is 0.307 e. The minimum Gasteiger partial charge on any atom is -0.481 e. The summed E-state index contributed by atoms with van der Waals surface area (Å²) in [7, 11) is 3.16. The van der Waals surface area contributed by atoms with Crippen LogP contribution in [0.1, 0.15) is 19.8 Å². The number of amides is 1. The molecule has 0 saturated carbocycles. The molecular formula is C15H25NO5. The SMILES string of the molecule is COCCN(C(=O)C1CC=CCC1C(=O)O)C(C)COC. The van der Waals surface area contributed by atoms with Gasteiger partial charge in [0.15, 0.2) is 0 Å². The van der Waals surface area contributed by atoms with Crippen molar-refractivity contribution in [2.75, 3.05) is 34.0 Å². The molecule has 0 saturated heterocycles. The zero-order valence-electron chi connectivity index (χ0n) is 12.9. The maximum absolute atomic E-state index is 12.8. The van der Waals surface area contributed by atoms with Gasteiger partial charge >= 0.3 is 5.97 Å². The summed E-state index contributed by atoms with van der Waals surface area (Å²) in [6.45, 7) is 3.16. The number of carboxylic acid groups (broad SMARTS) is 1. The van der Waals surface area contributed by atoms with Gasteiger partial charge in [0, 0.05) is 20.8 Å². The number of ether oxygens (including phenoxy) is 2. The average molecular weight is 299 g/mol. The van der Waals surface area contributed by atoms with E-state index in [1.807, 2.05) is 19.1 Å². The molecule has 0 radical (unpaired) electrons. The van der Waals surface area contributed by atoms with Crippen molar-refractivity contribution >= 4 is 11.9 Å². The molecule has 3 unspecified atom stereocenters. The Balaban J connectivity index is 2.86. The highest BCUT2D eigenvalue weighted by molar-refractivity contribution is 5.85. The van der Waals surface area contributed by atoms with Gasteiger partial charge < -0.3 is 19.5 Å². The molecule has 1 N–H and O–H groups in total. The predicted octanol–water partition coefficient (Wildman–Crippen LogP) is 1.16. The van der Waals surface area contributed by atoms with Gasteiger partial charge in [0.05, 0.1) is 31.1 Å². The third kappa shape index (κ3) is 4.82. The molecule has 21 heavy (non-hydrogen) atoms. The number of nitrogens with zero attached hydrogens (tertiary/aromatic N) is 1. The van der Waals surface area contributed by atoms with Crippen molar-refractivity contribution in [3.63, 3.8) is 0 Å². The van der Waals surface area contributed by atoms with Crippen LogP contribution in [0.4, 0.5) is 0 Å². The first kappa shape index (κ1) is 17.7. The summed E-state index contributed by atoms with van der Waals surface area (Å²) in [5.74, 6) is -2.21. The first-order valence-electron chi connectivity index (χ1n) is 7.19. The summed E-state index contributed by atoms with van der Waals surface area (Å²) < 4.78 is 10.2. The lowest BCUT2D eigenvalue weighted by Crippen LogP contribution is -2.48. The minimum atomic E-state index is -0.913. The highest BCUT2D eigenvalue weighted by atomic mass is 16.5. The second-order valence-corrected chi connectivity index (χ2v) is 5.32. The Hall–Kier alpha value is -1.40. The van der Waals surface area contributed by atoms with Gasteiger partial charge in [-0.05, 0) is 19.8 Å². The van der Waals surface area contributed by atoms with Crippen LogP contribution in [0, 0.1) is 11.8 Å². The van der Waals surface area contributed by atoms with Crippen molar-refractivity contribution in [2.24, 2.45) is 11.8 Å². The van der Waals surface area contributed by atoms with Crippen molar-refractivity contribution in [1.82, 2.24) is 4.90 Å². The Morgan fingerprint density at radius 1 is 1.24 bits per heavy atom. The highest BCUT2D eigenvalue weighted by Crippen LogP contribution is 2.28. The molecule has 1 aliphatic rings. The molecule has 0 fully saturated rings. The van der Waals surface area contributed by atoms with Crippen LogP contribution in [0.2, 0.25) is 0 Å². The number of allylic oxidation sites excluding steroid dienone is 2. The van der Waals surface area contributed by atoms with Gasteiger partial charge in [0.2, 0.25) is 5.91 Å². The molecule has 0 aromatic heterocycles. The maximum atomic E-state index is 12.8. The summed E-state index contributed by atoms with van der Waals surface area (Å²) in [6.07, 6.45) is 4.60. The number of aliphatic carboxylic acids is 1. The molecule has 0 aromatic carbocycles. The van der Waals surface area contributed by atoms with E-state index in [0.29, 0.717) is 32.6 Å². The number of carbonyl (C=O) groups is 2. The Morgan fingerprint density at radius 2 is 1.86 bits per heavy atom. The van der Waals surface area contributed by atoms with Gasteiger partial charge in [-0.2, -0.15) is 0 Å². The summed E-state index contributed by atoms with van der Waals surface area (Å²) in [5.41, 5.74) is 0. The van der Waals surface area contributed by atoms with E-state index in [4.69, 9.17) is 9.47 Å². The van der Waals surface area contributed by atoms with Gasteiger partial charge in [-0.1, -0.05) is 12.2 Å². The fourth-order valence-corrected chi connectivity index (χ4v) is 2.64. The van der Waals surface area contributed by atoms with Crippen molar-refractivity contribution in [1.29, 1.82) is 0 Å².